The second-order valence-electron chi connectivity index (χ2n) is 3.46. The summed E-state index contributed by atoms with van der Waals surface area (Å²) in [4.78, 5) is 24.7. The van der Waals surface area contributed by atoms with Crippen molar-refractivity contribution >= 4 is 49.3 Å². The molecule has 1 aliphatic rings. The van der Waals surface area contributed by atoms with Crippen LogP contribution < -0.4 is 4.90 Å². The van der Waals surface area contributed by atoms with Crippen LogP contribution in [0.2, 0.25) is 0 Å². The molecule has 11 heteroatoms. The van der Waals surface area contributed by atoms with Crippen LogP contribution in [0.15, 0.2) is 4.34 Å². The van der Waals surface area contributed by atoms with Gasteiger partial charge in [0.1, 0.15) is 0 Å². The van der Waals surface area contributed by atoms with E-state index in [1.165, 1.54) is 0 Å². The summed E-state index contributed by atoms with van der Waals surface area (Å²) in [5.41, 5.74) is 0. The van der Waals surface area contributed by atoms with Gasteiger partial charge in [0.05, 0.1) is 0 Å². The quantitative estimate of drug-likeness (QED) is 0.449. The fourth-order valence-corrected chi connectivity index (χ4v) is 3.11. The topological polar surface area (TPSA) is 101 Å². The number of aromatic nitrogens is 2. The maximum Gasteiger partial charge on any atom is 0.334 e. The maximum atomic E-state index is 11.7. The highest BCUT2D eigenvalue weighted by Crippen LogP contribution is 2.26. The number of urea groups is 1. The van der Waals surface area contributed by atoms with Gasteiger partial charge in [0.2, 0.25) is 19.3 Å². The van der Waals surface area contributed by atoms with Crippen molar-refractivity contribution in [1.82, 2.24) is 15.1 Å². The predicted octanol–water partition coefficient (Wildman–Crippen LogP) is 0.542. The normalized spacial score (nSPS) is 16.4. The Labute approximate surface area is 111 Å². The van der Waals surface area contributed by atoms with Crippen molar-refractivity contribution in [2.75, 3.05) is 24.2 Å². The van der Waals surface area contributed by atoms with Gasteiger partial charge in [-0.25, -0.2) is 18.1 Å². The lowest BCUT2D eigenvalue weighted by atomic mass is 10.6. The van der Waals surface area contributed by atoms with Crippen molar-refractivity contribution in [3.63, 3.8) is 0 Å². The van der Waals surface area contributed by atoms with Crippen molar-refractivity contribution in [3.05, 3.63) is 0 Å². The Kier molecular flexibility index (Phi) is 3.25. The predicted molar refractivity (Wildman–Crippen MR) is 63.7 cm³/mol. The van der Waals surface area contributed by atoms with Crippen molar-refractivity contribution in [2.45, 2.75) is 4.34 Å². The molecule has 1 saturated heterocycles. The Morgan fingerprint density at radius 2 is 2.06 bits per heavy atom. The van der Waals surface area contributed by atoms with Gasteiger partial charge in [-0.15, -0.1) is 10.2 Å². The summed E-state index contributed by atoms with van der Waals surface area (Å²) in [7, 11) is -3.46. The molecule has 1 aromatic heterocycles. The number of amides is 3. The molecule has 0 aromatic carbocycles. The molecule has 2 heterocycles. The summed E-state index contributed by atoms with van der Waals surface area (Å²) in [5.74, 6) is 0. The molecule has 0 spiro atoms. The summed E-state index contributed by atoms with van der Waals surface area (Å²) in [5, 5.41) is 6.36. The average Bonchev–Trinajstić information content (AvgIpc) is 2.81. The van der Waals surface area contributed by atoms with Crippen LogP contribution in [0.4, 0.5) is 14.7 Å². The van der Waals surface area contributed by atoms with Gasteiger partial charge in [-0.1, -0.05) is 11.3 Å². The van der Waals surface area contributed by atoms with E-state index in [1.807, 2.05) is 0 Å². The zero-order chi connectivity index (χ0) is 13.5. The Bertz CT molecular complexity index is 613. The molecule has 1 fully saturated rings. The molecule has 0 atom stereocenters. The fourth-order valence-electron chi connectivity index (χ4n) is 1.34. The van der Waals surface area contributed by atoms with E-state index >= 15 is 0 Å². The van der Waals surface area contributed by atoms with Crippen LogP contribution in [0.3, 0.4) is 0 Å². The van der Waals surface area contributed by atoms with Gasteiger partial charge in [0.15, 0.2) is 0 Å². The van der Waals surface area contributed by atoms with E-state index in [9.17, 15) is 18.0 Å². The zero-order valence-electron chi connectivity index (χ0n) is 9.03. The number of anilines is 1. The van der Waals surface area contributed by atoms with Gasteiger partial charge < -0.3 is 0 Å². The molecule has 98 valence electrons. The molecular formula is C7H7ClN4O4S2. The first-order chi connectivity index (χ1) is 8.30. The summed E-state index contributed by atoms with van der Waals surface area (Å²) in [6.45, 7) is 0.338. The number of rotatable bonds is 2. The summed E-state index contributed by atoms with van der Waals surface area (Å²) < 4.78 is 22.3. The Hall–Kier alpha value is -1.26. The number of nitrogens with zero attached hydrogens (tertiary/aromatic N) is 4. The molecule has 0 aliphatic carbocycles. The summed E-state index contributed by atoms with van der Waals surface area (Å²) in [6.07, 6.45) is 0.998. The van der Waals surface area contributed by atoms with Gasteiger partial charge in [-0.2, -0.15) is 0 Å². The van der Waals surface area contributed by atoms with E-state index in [0.29, 0.717) is 0 Å². The first-order valence-electron chi connectivity index (χ1n) is 4.63. The third kappa shape index (κ3) is 2.31. The molecule has 3 amide bonds. The molecule has 0 radical (unpaired) electrons. The van der Waals surface area contributed by atoms with Gasteiger partial charge >= 0.3 is 11.4 Å². The second kappa shape index (κ2) is 4.44. The van der Waals surface area contributed by atoms with Gasteiger partial charge in [-0.05, 0) is 11.6 Å². The van der Waals surface area contributed by atoms with Crippen LogP contribution in [0.5, 0.6) is 0 Å². The Morgan fingerprint density at radius 3 is 2.50 bits per heavy atom. The molecule has 1 aliphatic heterocycles. The lowest BCUT2D eigenvalue weighted by Crippen LogP contribution is -2.33. The number of sulfone groups is 1. The van der Waals surface area contributed by atoms with E-state index < -0.39 is 21.2 Å². The van der Waals surface area contributed by atoms with Crippen molar-refractivity contribution in [2.24, 2.45) is 0 Å². The molecule has 0 saturated carbocycles. The minimum absolute atomic E-state index is 0.126. The monoisotopic (exact) mass is 310 g/mol. The third-order valence-electron chi connectivity index (χ3n) is 2.17. The van der Waals surface area contributed by atoms with Crippen LogP contribution in [-0.4, -0.2) is 54.3 Å². The summed E-state index contributed by atoms with van der Waals surface area (Å²) >= 11 is 5.99. The van der Waals surface area contributed by atoms with Gasteiger partial charge in [0, 0.05) is 19.3 Å². The largest absolute Gasteiger partial charge is 0.334 e. The molecule has 18 heavy (non-hydrogen) atoms. The van der Waals surface area contributed by atoms with E-state index in [4.69, 9.17) is 11.6 Å². The minimum atomic E-state index is -3.46. The van der Waals surface area contributed by atoms with Gasteiger partial charge in [-0.3, -0.25) is 9.69 Å². The average molecular weight is 311 g/mol. The highest BCUT2D eigenvalue weighted by Gasteiger charge is 2.35. The number of carbonyl (C=O) groups excluding carboxylic acids is 2. The van der Waals surface area contributed by atoms with E-state index in [-0.39, 0.29) is 22.6 Å². The molecule has 8 nitrogen and oxygen atoms in total. The van der Waals surface area contributed by atoms with Crippen molar-refractivity contribution in [1.29, 1.82) is 0 Å². The lowest BCUT2D eigenvalue weighted by Gasteiger charge is -2.11. The SMILES string of the molecule is CS(=O)(=O)c1nnc(N2CCN(C(=O)Cl)C2=O)s1. The maximum absolute atomic E-state index is 11.7. The molecule has 0 unspecified atom stereocenters. The van der Waals surface area contributed by atoms with Crippen LogP contribution >= 0.6 is 22.9 Å². The summed E-state index contributed by atoms with van der Waals surface area (Å²) in [6, 6.07) is -0.633. The molecule has 0 bridgehead atoms. The first kappa shape index (κ1) is 13.2. The van der Waals surface area contributed by atoms with E-state index in [0.717, 1.165) is 27.4 Å². The molecule has 0 N–H and O–H groups in total. The minimum Gasteiger partial charge on any atom is -0.266 e. The third-order valence-corrected chi connectivity index (χ3v) is 4.98. The Balaban J connectivity index is 2.27. The van der Waals surface area contributed by atoms with Crippen LogP contribution in [0.1, 0.15) is 0 Å². The van der Waals surface area contributed by atoms with E-state index in [1.54, 1.807) is 0 Å². The molecular weight excluding hydrogens is 304 g/mol. The van der Waals surface area contributed by atoms with E-state index in [2.05, 4.69) is 10.2 Å². The van der Waals surface area contributed by atoms with Crippen LogP contribution in [0.25, 0.3) is 0 Å². The van der Waals surface area contributed by atoms with Crippen LogP contribution in [0, 0.1) is 0 Å². The highest BCUT2D eigenvalue weighted by molar-refractivity contribution is 7.92. The molecule has 1 aromatic rings. The van der Waals surface area contributed by atoms with Crippen molar-refractivity contribution < 1.29 is 18.0 Å². The number of carbonyl (C=O) groups is 2. The zero-order valence-corrected chi connectivity index (χ0v) is 11.4. The smallest absolute Gasteiger partial charge is 0.266 e. The second-order valence-corrected chi connectivity index (χ2v) is 6.93. The lowest BCUT2D eigenvalue weighted by molar-refractivity contribution is 0.214. The van der Waals surface area contributed by atoms with Gasteiger partial charge in [0.25, 0.3) is 0 Å². The molecule has 2 rings (SSSR count). The number of imide groups is 1. The number of hydrogen-bond acceptors (Lipinski definition) is 7. The fraction of sp³-hybridized carbons (Fsp3) is 0.429. The standard InChI is InChI=1S/C7H7ClN4O4S2/c1-18(15,16)6-10-9-5(17-6)12-3-2-11(4(8)13)7(12)14/h2-3H2,1H3. The van der Waals surface area contributed by atoms with Crippen LogP contribution in [-0.2, 0) is 9.84 Å². The number of hydrogen-bond donors (Lipinski definition) is 0. The van der Waals surface area contributed by atoms with Crippen molar-refractivity contribution in [3.8, 4) is 0 Å². The highest BCUT2D eigenvalue weighted by atomic mass is 35.5. The first-order valence-corrected chi connectivity index (χ1v) is 7.71. The number of halogens is 1. The Morgan fingerprint density at radius 1 is 1.39 bits per heavy atom.